The highest BCUT2D eigenvalue weighted by atomic mass is 16.5. The third-order valence-electron chi connectivity index (χ3n) is 6.66. The van der Waals surface area contributed by atoms with Crippen LogP contribution < -0.4 is 5.32 Å². The molecule has 3 fully saturated rings. The standard InChI is InChI=1S/C23H33N3O3/c1-18(27)26(20-7-8-20)21-10-16-29-23(17-21)11-14-25(15-12-23)22(28)24-13-9-19-5-3-2-4-6-19/h2-6,20-21H,7-17H2,1H3,(H,24,28). The molecular formula is C23H33N3O3. The number of urea groups is 1. The van der Waals surface area contributed by atoms with Gasteiger partial charge in [0.05, 0.1) is 5.60 Å². The van der Waals surface area contributed by atoms with Crippen LogP contribution in [0.2, 0.25) is 0 Å². The molecule has 0 radical (unpaired) electrons. The molecule has 1 saturated carbocycles. The van der Waals surface area contributed by atoms with Crippen LogP contribution in [0.15, 0.2) is 30.3 Å². The molecule has 158 valence electrons. The minimum absolute atomic E-state index is 0.0199. The van der Waals surface area contributed by atoms with Crippen molar-refractivity contribution in [3.63, 3.8) is 0 Å². The number of carbonyl (C=O) groups is 2. The van der Waals surface area contributed by atoms with Gasteiger partial charge < -0.3 is 19.9 Å². The Labute approximate surface area is 173 Å². The summed E-state index contributed by atoms with van der Waals surface area (Å²) >= 11 is 0. The quantitative estimate of drug-likeness (QED) is 0.828. The van der Waals surface area contributed by atoms with Crippen molar-refractivity contribution in [2.24, 2.45) is 0 Å². The van der Waals surface area contributed by atoms with Gasteiger partial charge in [-0.25, -0.2) is 4.79 Å². The van der Waals surface area contributed by atoms with Gasteiger partial charge in [0.1, 0.15) is 0 Å². The Balaban J connectivity index is 1.25. The highest BCUT2D eigenvalue weighted by molar-refractivity contribution is 5.75. The van der Waals surface area contributed by atoms with E-state index in [1.165, 1.54) is 5.56 Å². The molecule has 2 saturated heterocycles. The van der Waals surface area contributed by atoms with Crippen LogP contribution in [0, 0.1) is 0 Å². The SMILES string of the molecule is CC(=O)N(C1CC1)C1CCOC2(CCN(C(=O)NCCc3ccccc3)CC2)C1. The summed E-state index contributed by atoms with van der Waals surface area (Å²) in [6.45, 7) is 4.49. The lowest BCUT2D eigenvalue weighted by molar-refractivity contribution is -0.148. The van der Waals surface area contributed by atoms with Crippen molar-refractivity contribution >= 4 is 11.9 Å². The van der Waals surface area contributed by atoms with Crippen molar-refractivity contribution < 1.29 is 14.3 Å². The molecule has 1 spiro atoms. The van der Waals surface area contributed by atoms with Crippen LogP contribution in [0.1, 0.15) is 51.0 Å². The van der Waals surface area contributed by atoms with Crippen molar-refractivity contribution in [3.8, 4) is 0 Å². The average molecular weight is 400 g/mol. The van der Waals surface area contributed by atoms with Crippen molar-refractivity contribution in [3.05, 3.63) is 35.9 Å². The van der Waals surface area contributed by atoms with E-state index in [0.29, 0.717) is 38.3 Å². The van der Waals surface area contributed by atoms with Crippen LogP contribution in [-0.4, -0.2) is 65.7 Å². The van der Waals surface area contributed by atoms with Crippen molar-refractivity contribution in [1.29, 1.82) is 0 Å². The Bertz CT molecular complexity index is 711. The van der Waals surface area contributed by atoms with Crippen LogP contribution in [0.3, 0.4) is 0 Å². The molecule has 3 amide bonds. The second-order valence-corrected chi connectivity index (χ2v) is 8.79. The number of hydrogen-bond acceptors (Lipinski definition) is 3. The fraction of sp³-hybridized carbons (Fsp3) is 0.652. The molecule has 1 aromatic rings. The first-order chi connectivity index (χ1) is 14.1. The number of amides is 3. The Morgan fingerprint density at radius 3 is 2.52 bits per heavy atom. The molecule has 1 aromatic carbocycles. The predicted octanol–water partition coefficient (Wildman–Crippen LogP) is 2.96. The maximum atomic E-state index is 12.5. The molecule has 1 N–H and O–H groups in total. The van der Waals surface area contributed by atoms with Gasteiger partial charge in [0.2, 0.25) is 5.91 Å². The van der Waals surface area contributed by atoms with Crippen molar-refractivity contribution in [2.45, 2.75) is 69.6 Å². The van der Waals surface area contributed by atoms with Gasteiger partial charge in [0, 0.05) is 45.2 Å². The highest BCUT2D eigenvalue weighted by Gasteiger charge is 2.45. The van der Waals surface area contributed by atoms with Crippen LogP contribution in [-0.2, 0) is 16.0 Å². The van der Waals surface area contributed by atoms with Gasteiger partial charge in [-0.2, -0.15) is 0 Å². The number of nitrogens with zero attached hydrogens (tertiary/aromatic N) is 2. The van der Waals surface area contributed by atoms with E-state index in [2.05, 4.69) is 22.3 Å². The smallest absolute Gasteiger partial charge is 0.317 e. The van der Waals surface area contributed by atoms with Gasteiger partial charge in [-0.15, -0.1) is 0 Å². The van der Waals surface area contributed by atoms with Crippen LogP contribution >= 0.6 is 0 Å². The van der Waals surface area contributed by atoms with E-state index >= 15 is 0 Å². The lowest BCUT2D eigenvalue weighted by atomic mass is 9.81. The molecular weight excluding hydrogens is 366 g/mol. The van der Waals surface area contributed by atoms with Gasteiger partial charge in [-0.05, 0) is 50.5 Å². The molecule has 29 heavy (non-hydrogen) atoms. The number of piperidine rings is 1. The molecule has 2 heterocycles. The number of ether oxygens (including phenoxy) is 1. The van der Waals surface area contributed by atoms with Crippen LogP contribution in [0.4, 0.5) is 4.79 Å². The number of benzene rings is 1. The van der Waals surface area contributed by atoms with Crippen molar-refractivity contribution in [1.82, 2.24) is 15.1 Å². The monoisotopic (exact) mass is 399 g/mol. The largest absolute Gasteiger partial charge is 0.375 e. The first-order valence-corrected chi connectivity index (χ1v) is 11.1. The maximum absolute atomic E-state index is 12.5. The first kappa shape index (κ1) is 20.2. The second kappa shape index (κ2) is 8.74. The Morgan fingerprint density at radius 2 is 1.86 bits per heavy atom. The van der Waals surface area contributed by atoms with Gasteiger partial charge in [-0.1, -0.05) is 30.3 Å². The summed E-state index contributed by atoms with van der Waals surface area (Å²) < 4.78 is 6.24. The summed E-state index contributed by atoms with van der Waals surface area (Å²) in [6.07, 6.45) is 6.67. The zero-order valence-corrected chi connectivity index (χ0v) is 17.4. The average Bonchev–Trinajstić information content (AvgIpc) is 3.54. The lowest BCUT2D eigenvalue weighted by Crippen LogP contribution is -2.56. The third-order valence-corrected chi connectivity index (χ3v) is 6.66. The zero-order chi connectivity index (χ0) is 20.3. The normalized spacial score (nSPS) is 23.6. The molecule has 4 rings (SSSR count). The van der Waals surface area contributed by atoms with E-state index in [9.17, 15) is 9.59 Å². The predicted molar refractivity (Wildman–Crippen MR) is 112 cm³/mol. The summed E-state index contributed by atoms with van der Waals surface area (Å²) in [6, 6.07) is 11.0. The fourth-order valence-corrected chi connectivity index (χ4v) is 4.94. The van der Waals surface area contributed by atoms with Crippen LogP contribution in [0.25, 0.3) is 0 Å². The lowest BCUT2D eigenvalue weighted by Gasteiger charge is -2.48. The van der Waals surface area contributed by atoms with Gasteiger partial charge in [0.15, 0.2) is 0 Å². The maximum Gasteiger partial charge on any atom is 0.317 e. The van der Waals surface area contributed by atoms with E-state index < -0.39 is 0 Å². The molecule has 1 unspecified atom stereocenters. The molecule has 1 atom stereocenters. The second-order valence-electron chi connectivity index (χ2n) is 8.79. The van der Waals surface area contributed by atoms with Crippen LogP contribution in [0.5, 0.6) is 0 Å². The summed E-state index contributed by atoms with van der Waals surface area (Å²) in [5.41, 5.74) is 1.06. The van der Waals surface area contributed by atoms with E-state index in [4.69, 9.17) is 4.74 Å². The van der Waals surface area contributed by atoms with Gasteiger partial charge in [0.25, 0.3) is 0 Å². The van der Waals surface area contributed by atoms with Gasteiger partial charge >= 0.3 is 6.03 Å². The van der Waals surface area contributed by atoms with Gasteiger partial charge in [-0.3, -0.25) is 4.79 Å². The minimum atomic E-state index is -0.174. The number of hydrogen-bond donors (Lipinski definition) is 1. The molecule has 1 aliphatic carbocycles. The van der Waals surface area contributed by atoms with Crippen molar-refractivity contribution in [2.75, 3.05) is 26.2 Å². The molecule has 6 heteroatoms. The first-order valence-electron chi connectivity index (χ1n) is 11.1. The fourth-order valence-electron chi connectivity index (χ4n) is 4.94. The Kier molecular flexibility index (Phi) is 6.09. The number of nitrogens with one attached hydrogen (secondary N) is 1. The zero-order valence-electron chi connectivity index (χ0n) is 17.4. The highest BCUT2D eigenvalue weighted by Crippen LogP contribution is 2.40. The van der Waals surface area contributed by atoms with E-state index in [-0.39, 0.29) is 17.5 Å². The third kappa shape index (κ3) is 4.92. The summed E-state index contributed by atoms with van der Waals surface area (Å²) in [5, 5.41) is 3.05. The number of rotatable bonds is 5. The Morgan fingerprint density at radius 1 is 1.14 bits per heavy atom. The molecule has 3 aliphatic rings. The number of likely N-dealkylation sites (tertiary alicyclic amines) is 1. The van der Waals surface area contributed by atoms with E-state index in [1.54, 1.807) is 6.92 Å². The number of carbonyl (C=O) groups excluding carboxylic acids is 2. The molecule has 2 aliphatic heterocycles. The summed E-state index contributed by atoms with van der Waals surface area (Å²) in [5.74, 6) is 0.199. The summed E-state index contributed by atoms with van der Waals surface area (Å²) in [4.78, 5) is 28.7. The van der Waals surface area contributed by atoms with E-state index in [1.807, 2.05) is 23.1 Å². The summed E-state index contributed by atoms with van der Waals surface area (Å²) in [7, 11) is 0. The molecule has 0 aromatic heterocycles. The minimum Gasteiger partial charge on any atom is -0.375 e. The molecule has 6 nitrogen and oxygen atoms in total. The Hall–Kier alpha value is -2.08. The molecule has 0 bridgehead atoms. The van der Waals surface area contributed by atoms with E-state index in [0.717, 1.165) is 44.9 Å². The topological polar surface area (TPSA) is 61.9 Å².